The third kappa shape index (κ3) is 2.56. The highest BCUT2D eigenvalue weighted by Gasteiger charge is 2.12. The maximum absolute atomic E-state index is 10.5. The van der Waals surface area contributed by atoms with Crippen LogP contribution in [0.1, 0.15) is 22.8 Å². The van der Waals surface area contributed by atoms with Gasteiger partial charge in [0.25, 0.3) is 0 Å². The summed E-state index contributed by atoms with van der Waals surface area (Å²) >= 11 is 0. The quantitative estimate of drug-likeness (QED) is 0.779. The largest absolute Gasteiger partial charge is 0.388 e. The molecule has 0 saturated carbocycles. The van der Waals surface area contributed by atoms with Crippen LogP contribution in [0.25, 0.3) is 10.9 Å². The Labute approximate surface area is 118 Å². The molecule has 0 amide bonds. The third-order valence-corrected chi connectivity index (χ3v) is 3.59. The van der Waals surface area contributed by atoms with Crippen molar-refractivity contribution in [3.63, 3.8) is 0 Å². The van der Waals surface area contributed by atoms with Gasteiger partial charge in [-0.05, 0) is 30.2 Å². The van der Waals surface area contributed by atoms with Crippen molar-refractivity contribution in [2.24, 2.45) is 0 Å². The van der Waals surface area contributed by atoms with Gasteiger partial charge < -0.3 is 5.11 Å². The molecule has 0 saturated heterocycles. The molecule has 1 unspecified atom stereocenters. The van der Waals surface area contributed by atoms with E-state index in [0.29, 0.717) is 6.42 Å². The van der Waals surface area contributed by atoms with Gasteiger partial charge in [-0.2, -0.15) is 0 Å². The zero-order valence-electron chi connectivity index (χ0n) is 11.5. The minimum absolute atomic E-state index is 0.509. The minimum atomic E-state index is -0.509. The number of nitrogens with zero attached hydrogens (tertiary/aromatic N) is 1. The van der Waals surface area contributed by atoms with Crippen molar-refractivity contribution in [2.75, 3.05) is 0 Å². The molecule has 0 aliphatic rings. The molecule has 0 bridgehead atoms. The molecule has 3 rings (SSSR count). The van der Waals surface area contributed by atoms with E-state index in [1.807, 2.05) is 30.3 Å². The highest BCUT2D eigenvalue weighted by atomic mass is 16.3. The van der Waals surface area contributed by atoms with E-state index in [1.165, 1.54) is 5.56 Å². The SMILES string of the molecule is Cc1ccc(CC(O)c2cccc3ncccc23)cc1. The molecule has 2 nitrogen and oxygen atoms in total. The Morgan fingerprint density at radius 1 is 1.00 bits per heavy atom. The third-order valence-electron chi connectivity index (χ3n) is 3.59. The fourth-order valence-corrected chi connectivity index (χ4v) is 2.48. The zero-order chi connectivity index (χ0) is 13.9. The van der Waals surface area contributed by atoms with Crippen LogP contribution in [0.3, 0.4) is 0 Å². The van der Waals surface area contributed by atoms with E-state index in [-0.39, 0.29) is 0 Å². The Morgan fingerprint density at radius 3 is 2.60 bits per heavy atom. The second-order valence-electron chi connectivity index (χ2n) is 5.12. The standard InChI is InChI=1S/C18H17NO/c1-13-7-9-14(10-8-13)12-18(20)16-4-2-6-17-15(16)5-3-11-19-17/h2-11,18,20H,12H2,1H3. The van der Waals surface area contributed by atoms with Crippen molar-refractivity contribution in [1.82, 2.24) is 4.98 Å². The normalized spacial score (nSPS) is 12.5. The summed E-state index contributed by atoms with van der Waals surface area (Å²) in [6.07, 6.45) is 1.89. The van der Waals surface area contributed by atoms with Crippen LogP contribution in [0.5, 0.6) is 0 Å². The van der Waals surface area contributed by atoms with Gasteiger partial charge in [0.05, 0.1) is 11.6 Å². The number of pyridine rings is 1. The van der Waals surface area contributed by atoms with Crippen LogP contribution in [0.4, 0.5) is 0 Å². The summed E-state index contributed by atoms with van der Waals surface area (Å²) in [5.74, 6) is 0. The predicted octanol–water partition coefficient (Wildman–Crippen LogP) is 3.82. The molecule has 0 aliphatic heterocycles. The molecular formula is C18H17NO. The van der Waals surface area contributed by atoms with Gasteiger partial charge in [0.15, 0.2) is 0 Å². The van der Waals surface area contributed by atoms with E-state index in [1.54, 1.807) is 6.20 Å². The number of hydrogen-bond donors (Lipinski definition) is 1. The number of aromatic nitrogens is 1. The smallest absolute Gasteiger partial charge is 0.0836 e. The average Bonchev–Trinajstić information content (AvgIpc) is 2.49. The molecule has 0 spiro atoms. The first-order valence-corrected chi connectivity index (χ1v) is 6.81. The van der Waals surface area contributed by atoms with E-state index in [9.17, 15) is 5.11 Å². The van der Waals surface area contributed by atoms with Crippen LogP contribution >= 0.6 is 0 Å². The Bertz CT molecular complexity index is 714. The molecule has 2 aromatic carbocycles. The number of rotatable bonds is 3. The lowest BCUT2D eigenvalue weighted by Crippen LogP contribution is -2.03. The molecule has 1 heterocycles. The summed E-state index contributed by atoms with van der Waals surface area (Å²) < 4.78 is 0. The van der Waals surface area contributed by atoms with Gasteiger partial charge in [-0.1, -0.05) is 48.0 Å². The Kier molecular flexibility index (Phi) is 3.48. The lowest BCUT2D eigenvalue weighted by Gasteiger charge is -2.13. The van der Waals surface area contributed by atoms with E-state index in [2.05, 4.69) is 36.2 Å². The molecule has 1 aromatic heterocycles. The maximum atomic E-state index is 10.5. The van der Waals surface area contributed by atoms with Crippen LogP contribution in [-0.2, 0) is 6.42 Å². The van der Waals surface area contributed by atoms with Gasteiger partial charge in [-0.3, -0.25) is 4.98 Å². The highest BCUT2D eigenvalue weighted by molar-refractivity contribution is 5.82. The first-order valence-electron chi connectivity index (χ1n) is 6.81. The number of hydrogen-bond acceptors (Lipinski definition) is 2. The van der Waals surface area contributed by atoms with Crippen molar-refractivity contribution < 1.29 is 5.11 Å². The highest BCUT2D eigenvalue weighted by Crippen LogP contribution is 2.25. The second-order valence-corrected chi connectivity index (χ2v) is 5.12. The minimum Gasteiger partial charge on any atom is -0.388 e. The number of aliphatic hydroxyl groups is 1. The maximum Gasteiger partial charge on any atom is 0.0836 e. The van der Waals surface area contributed by atoms with E-state index in [4.69, 9.17) is 0 Å². The summed E-state index contributed by atoms with van der Waals surface area (Å²) in [4.78, 5) is 4.33. The van der Waals surface area contributed by atoms with Gasteiger partial charge in [-0.25, -0.2) is 0 Å². The van der Waals surface area contributed by atoms with Gasteiger partial charge in [0.2, 0.25) is 0 Å². The zero-order valence-corrected chi connectivity index (χ0v) is 11.5. The van der Waals surface area contributed by atoms with Gasteiger partial charge in [-0.15, -0.1) is 0 Å². The van der Waals surface area contributed by atoms with E-state index < -0.39 is 6.10 Å². The first-order chi connectivity index (χ1) is 9.74. The van der Waals surface area contributed by atoms with Crippen LogP contribution in [0, 0.1) is 6.92 Å². The molecule has 20 heavy (non-hydrogen) atoms. The molecule has 1 N–H and O–H groups in total. The number of aryl methyl sites for hydroxylation is 1. The van der Waals surface area contributed by atoms with Crippen LogP contribution in [-0.4, -0.2) is 10.1 Å². The molecule has 0 aliphatic carbocycles. The first kappa shape index (κ1) is 12.8. The summed E-state index contributed by atoms with van der Waals surface area (Å²) in [6, 6.07) is 18.1. The topological polar surface area (TPSA) is 33.1 Å². The number of aliphatic hydroxyl groups excluding tert-OH is 1. The second kappa shape index (κ2) is 5.43. The summed E-state index contributed by atoms with van der Waals surface area (Å²) in [6.45, 7) is 2.07. The molecule has 3 aromatic rings. The predicted molar refractivity (Wildman–Crippen MR) is 81.6 cm³/mol. The van der Waals surface area contributed by atoms with Crippen molar-refractivity contribution in [3.05, 3.63) is 77.5 Å². The van der Waals surface area contributed by atoms with Gasteiger partial charge >= 0.3 is 0 Å². The number of fused-ring (bicyclic) bond motifs is 1. The summed E-state index contributed by atoms with van der Waals surface area (Å²) in [5, 5.41) is 11.5. The Morgan fingerprint density at radius 2 is 1.80 bits per heavy atom. The lowest BCUT2D eigenvalue weighted by atomic mass is 9.97. The van der Waals surface area contributed by atoms with Crippen LogP contribution in [0.2, 0.25) is 0 Å². The molecule has 1 atom stereocenters. The Balaban J connectivity index is 1.92. The fourth-order valence-electron chi connectivity index (χ4n) is 2.48. The van der Waals surface area contributed by atoms with Crippen molar-refractivity contribution >= 4 is 10.9 Å². The van der Waals surface area contributed by atoms with E-state index in [0.717, 1.165) is 22.0 Å². The van der Waals surface area contributed by atoms with Gasteiger partial charge in [0, 0.05) is 18.0 Å². The van der Waals surface area contributed by atoms with Crippen LogP contribution in [0.15, 0.2) is 60.8 Å². The monoisotopic (exact) mass is 263 g/mol. The van der Waals surface area contributed by atoms with Crippen LogP contribution < -0.4 is 0 Å². The summed E-state index contributed by atoms with van der Waals surface area (Å²) in [7, 11) is 0. The van der Waals surface area contributed by atoms with Crippen molar-refractivity contribution in [2.45, 2.75) is 19.4 Å². The molecule has 100 valence electrons. The summed E-state index contributed by atoms with van der Waals surface area (Å²) in [5.41, 5.74) is 4.24. The molecular weight excluding hydrogens is 246 g/mol. The Hall–Kier alpha value is -2.19. The average molecular weight is 263 g/mol. The van der Waals surface area contributed by atoms with Gasteiger partial charge in [0.1, 0.15) is 0 Å². The fraction of sp³-hybridized carbons (Fsp3) is 0.167. The molecule has 0 radical (unpaired) electrons. The van der Waals surface area contributed by atoms with E-state index >= 15 is 0 Å². The number of benzene rings is 2. The van der Waals surface area contributed by atoms with Crippen molar-refractivity contribution in [3.8, 4) is 0 Å². The molecule has 2 heteroatoms. The lowest BCUT2D eigenvalue weighted by molar-refractivity contribution is 0.180. The molecule has 0 fully saturated rings. The van der Waals surface area contributed by atoms with Crippen molar-refractivity contribution in [1.29, 1.82) is 0 Å².